The van der Waals surface area contributed by atoms with Gasteiger partial charge in [-0.2, -0.15) is 0 Å². The van der Waals surface area contributed by atoms with E-state index in [4.69, 9.17) is 4.79 Å². The Balaban J connectivity index is -0.000000536. The number of unbranched alkanes of at least 4 members (excludes halogenated alkanes) is 10. The summed E-state index contributed by atoms with van der Waals surface area (Å²) in [6, 6.07) is 0. The second kappa shape index (κ2) is 25.7. The van der Waals surface area contributed by atoms with Gasteiger partial charge in [-0.05, 0) is 39.5 Å². The lowest BCUT2D eigenvalue weighted by Crippen LogP contribution is -2.41. The van der Waals surface area contributed by atoms with Crippen molar-refractivity contribution in [1.29, 1.82) is 0 Å². The van der Waals surface area contributed by atoms with Crippen LogP contribution in [-0.2, 0) is 12.6 Å². The van der Waals surface area contributed by atoms with E-state index in [1.165, 1.54) is 94.6 Å². The van der Waals surface area contributed by atoms with Crippen LogP contribution in [0.2, 0.25) is 0 Å². The van der Waals surface area contributed by atoms with Gasteiger partial charge >= 0.3 is 0 Å². The van der Waals surface area contributed by atoms with Crippen LogP contribution in [0.3, 0.4) is 0 Å². The normalized spacial score (nSPS) is 10.4. The molecule has 0 fully saturated rings. The number of nitrogens with zero attached hydrogens (tertiary/aromatic N) is 2. The van der Waals surface area contributed by atoms with Crippen molar-refractivity contribution in [3.8, 4) is 0 Å². The number of carbonyl (C=O) groups is 2. The molecule has 2 N–H and O–H groups in total. The van der Waals surface area contributed by atoms with E-state index in [2.05, 4.69) is 58.9 Å². The van der Waals surface area contributed by atoms with Crippen molar-refractivity contribution in [3.63, 3.8) is 0 Å². The van der Waals surface area contributed by atoms with Crippen molar-refractivity contribution in [2.45, 2.75) is 105 Å². The number of hydrogen-bond donors (Lipinski definition) is 2. The first kappa shape index (κ1) is 35.1. The zero-order valence-electron chi connectivity index (χ0n) is 21.5. The highest BCUT2D eigenvalue weighted by atomic mass is 32.1. The molecule has 0 heterocycles. The summed E-state index contributed by atoms with van der Waals surface area (Å²) in [5.74, 6) is 0. The molecule has 0 aliphatic carbocycles. The minimum Gasteiger partial charge on any atom is -0.719 e. The molecule has 0 unspecified atom stereocenters. The first-order chi connectivity index (χ1) is 14.6. The molecule has 0 aromatic heterocycles. The molecule has 2 amide bonds. The lowest BCUT2D eigenvalue weighted by atomic mass is 10.1. The molecule has 0 atom stereocenters. The van der Waals surface area contributed by atoms with Gasteiger partial charge in [-0.15, -0.1) is 0 Å². The molecule has 0 aliphatic rings. The van der Waals surface area contributed by atoms with Crippen LogP contribution in [0.5, 0.6) is 0 Å². The monoisotopic (exact) mass is 479 g/mol. The summed E-state index contributed by atoms with van der Waals surface area (Å²) in [5, 5.41) is -0.894. The molecule has 188 valence electrons. The smallest absolute Gasteiger partial charge is 0.273 e. The van der Waals surface area contributed by atoms with E-state index in [1.54, 1.807) is 4.90 Å². The molecule has 31 heavy (non-hydrogen) atoms. The maximum absolute atomic E-state index is 10.3. The predicted molar refractivity (Wildman–Crippen MR) is 143 cm³/mol. The Hall–Kier alpha value is -0.530. The molecule has 0 bridgehead atoms. The van der Waals surface area contributed by atoms with Gasteiger partial charge in [0.05, 0.1) is 27.2 Å². The summed E-state index contributed by atoms with van der Waals surface area (Å²) in [6.45, 7) is 12.6. The molecule has 5 nitrogen and oxygen atoms in total. The summed E-state index contributed by atoms with van der Waals surface area (Å²) in [7, 11) is 4.83. The van der Waals surface area contributed by atoms with E-state index in [1.807, 2.05) is 13.8 Å². The first-order valence-corrected chi connectivity index (χ1v) is 13.2. The third kappa shape index (κ3) is 34.3. The van der Waals surface area contributed by atoms with Gasteiger partial charge < -0.3 is 32.5 Å². The Morgan fingerprint density at radius 1 is 0.742 bits per heavy atom. The number of amides is 2. The highest BCUT2D eigenvalue weighted by Crippen LogP contribution is 2.11. The average molecular weight is 480 g/mol. The summed E-state index contributed by atoms with van der Waals surface area (Å²) in [4.78, 5) is 21.0. The summed E-state index contributed by atoms with van der Waals surface area (Å²) in [5.41, 5.74) is 4.34. The third-order valence-corrected chi connectivity index (χ3v) is 5.51. The fourth-order valence-corrected chi connectivity index (χ4v) is 3.49. The first-order valence-electron chi connectivity index (χ1n) is 12.3. The largest absolute Gasteiger partial charge is 0.719 e. The maximum Gasteiger partial charge on any atom is 0.273 e. The molecule has 0 saturated carbocycles. The van der Waals surface area contributed by atoms with Crippen molar-refractivity contribution < 1.29 is 14.1 Å². The highest BCUT2D eigenvalue weighted by Gasteiger charge is 2.13. The zero-order chi connectivity index (χ0) is 24.5. The van der Waals surface area contributed by atoms with Crippen LogP contribution in [0.1, 0.15) is 105 Å². The van der Waals surface area contributed by atoms with Gasteiger partial charge in [0.2, 0.25) is 0 Å². The second-order valence-corrected chi connectivity index (χ2v) is 9.48. The quantitative estimate of drug-likeness (QED) is 0.111. The van der Waals surface area contributed by atoms with Gasteiger partial charge in [0, 0.05) is 13.1 Å². The Morgan fingerprint density at radius 3 is 1.26 bits per heavy atom. The Morgan fingerprint density at radius 2 is 1.03 bits per heavy atom. The Kier molecular flexibility index (Phi) is 29.1. The van der Waals surface area contributed by atoms with E-state index >= 15 is 0 Å². The summed E-state index contributed by atoms with van der Waals surface area (Å²) in [6.07, 6.45) is 17.1. The fraction of sp³-hybridized carbons (Fsp3) is 0.917. The van der Waals surface area contributed by atoms with Crippen LogP contribution in [-0.4, -0.2) is 60.1 Å². The predicted octanol–water partition coefficient (Wildman–Crippen LogP) is 6.77. The zero-order valence-corrected chi connectivity index (χ0v) is 23.2. The molecular weight excluding hydrogens is 426 g/mol. The third-order valence-electron chi connectivity index (χ3n) is 5.26. The molecule has 7 heteroatoms. The number of carbonyl (C=O) groups excluding carboxylic acids is 2. The number of quaternary nitrogens is 1. The van der Waals surface area contributed by atoms with E-state index in [9.17, 15) is 4.79 Å². The van der Waals surface area contributed by atoms with Crippen molar-refractivity contribution in [2.24, 2.45) is 5.73 Å². The van der Waals surface area contributed by atoms with Gasteiger partial charge in [0.25, 0.3) is 5.24 Å². The van der Waals surface area contributed by atoms with Gasteiger partial charge in [-0.1, -0.05) is 77.8 Å². The number of nitrogens with two attached hydrogens (primary N) is 1. The fourth-order valence-electron chi connectivity index (χ4n) is 3.23. The molecule has 0 aromatic carbocycles. The molecule has 0 radical (unpaired) electrons. The van der Waals surface area contributed by atoms with E-state index in [0.717, 1.165) is 13.1 Å². The van der Waals surface area contributed by atoms with Crippen LogP contribution >= 0.6 is 12.6 Å². The van der Waals surface area contributed by atoms with E-state index < -0.39 is 5.24 Å². The molecular formula is C24H53N3O2S2. The highest BCUT2D eigenvalue weighted by molar-refractivity contribution is 7.96. The van der Waals surface area contributed by atoms with Crippen LogP contribution in [0.25, 0.3) is 0 Å². The van der Waals surface area contributed by atoms with Crippen LogP contribution in [0.15, 0.2) is 0 Å². The van der Waals surface area contributed by atoms with Crippen LogP contribution in [0.4, 0.5) is 9.59 Å². The Labute approximate surface area is 205 Å². The standard InChI is InChI=1S/C18H40N.C5H11NOS.CH3NOS/c1-5-7-9-11-13-15-17-19(3,4)18-16-14-12-10-8-6-2;1-3-6(4-2)5(7)8;2-1(3)4/h5-18H2,1-4H3;3-4H2,1-2H3,(H,7,8);(H3,2,3,4)/q+1;;/p-1. The van der Waals surface area contributed by atoms with Gasteiger partial charge in [-0.25, -0.2) is 0 Å². The van der Waals surface area contributed by atoms with Crippen molar-refractivity contribution in [1.82, 2.24) is 4.90 Å². The topological polar surface area (TPSA) is 63.4 Å². The second-order valence-electron chi connectivity index (χ2n) is 8.69. The lowest BCUT2D eigenvalue weighted by molar-refractivity contribution is -0.890. The molecule has 0 spiro atoms. The van der Waals surface area contributed by atoms with Crippen LogP contribution < -0.4 is 5.73 Å². The number of thiol groups is 1. The minimum atomic E-state index is -0.639. The van der Waals surface area contributed by atoms with Gasteiger partial charge in [-0.3, -0.25) is 4.79 Å². The molecule has 0 aliphatic heterocycles. The van der Waals surface area contributed by atoms with Crippen molar-refractivity contribution in [3.05, 3.63) is 0 Å². The maximum atomic E-state index is 10.3. The molecule has 0 aromatic rings. The number of primary amides is 1. The number of rotatable bonds is 16. The SMILES string of the molecule is CCCCCCCC[N+](C)(C)CCCCCCCC.CCN(CC)C(=O)[S-].NC(=O)S. The summed E-state index contributed by atoms with van der Waals surface area (Å²) < 4.78 is 1.24. The van der Waals surface area contributed by atoms with E-state index in [0.29, 0.717) is 0 Å². The minimum absolute atomic E-state index is 0.255. The van der Waals surface area contributed by atoms with Crippen LogP contribution in [0, 0.1) is 0 Å². The summed E-state index contributed by atoms with van der Waals surface area (Å²) >= 11 is 7.49. The van der Waals surface area contributed by atoms with Crippen molar-refractivity contribution >= 4 is 35.7 Å². The molecule has 0 saturated heterocycles. The molecule has 0 rings (SSSR count). The Bertz CT molecular complexity index is 382. The van der Waals surface area contributed by atoms with Crippen molar-refractivity contribution in [2.75, 3.05) is 40.3 Å². The average Bonchev–Trinajstić information content (AvgIpc) is 2.68. The van der Waals surface area contributed by atoms with E-state index in [-0.39, 0.29) is 5.24 Å². The van der Waals surface area contributed by atoms with Gasteiger partial charge in [0.15, 0.2) is 0 Å². The lowest BCUT2D eigenvalue weighted by Gasteiger charge is -2.30. The van der Waals surface area contributed by atoms with Gasteiger partial charge in [0.1, 0.15) is 5.24 Å². The number of hydrogen-bond acceptors (Lipinski definition) is 3.